The number of nitrogens with zero attached hydrogens (tertiary/aromatic N) is 3. The summed E-state index contributed by atoms with van der Waals surface area (Å²) in [5.41, 5.74) is -1.39. The Hall–Kier alpha value is -1.45. The highest BCUT2D eigenvalue weighted by Crippen LogP contribution is 2.21. The molecule has 2 heterocycles. The predicted octanol–water partition coefficient (Wildman–Crippen LogP) is -1.52. The monoisotopic (exact) mass is 317 g/mol. The Balaban J connectivity index is 2.42. The Morgan fingerprint density at radius 1 is 1.24 bits per heavy atom. The fourth-order valence-electron chi connectivity index (χ4n) is 2.42. The summed E-state index contributed by atoms with van der Waals surface area (Å²) in [6.45, 7) is 0.564. The van der Waals surface area contributed by atoms with Crippen LogP contribution in [0.15, 0.2) is 20.7 Å². The Kier molecular flexibility index (Phi) is 4.35. The zero-order chi connectivity index (χ0) is 15.8. The molecule has 1 aromatic rings. The van der Waals surface area contributed by atoms with E-state index in [0.29, 0.717) is 12.8 Å². The van der Waals surface area contributed by atoms with Crippen molar-refractivity contribution in [3.63, 3.8) is 0 Å². The van der Waals surface area contributed by atoms with Crippen molar-refractivity contribution in [3.05, 3.63) is 27.0 Å². The molecular formula is C12H19N3O5S. The molecule has 1 aromatic heterocycles. The average Bonchev–Trinajstić information content (AvgIpc) is 2.48. The molecule has 0 radical (unpaired) electrons. The molecule has 118 valence electrons. The van der Waals surface area contributed by atoms with Crippen LogP contribution >= 0.6 is 0 Å². The van der Waals surface area contributed by atoms with Gasteiger partial charge in [0.25, 0.3) is 5.56 Å². The van der Waals surface area contributed by atoms with E-state index in [2.05, 4.69) is 0 Å². The van der Waals surface area contributed by atoms with Crippen molar-refractivity contribution in [1.82, 2.24) is 13.4 Å². The number of hydrogen-bond acceptors (Lipinski definition) is 5. The number of piperidine rings is 1. The molecule has 0 spiro atoms. The van der Waals surface area contributed by atoms with Crippen LogP contribution in [0.3, 0.4) is 0 Å². The largest absolute Gasteiger partial charge is 0.396 e. The zero-order valence-electron chi connectivity index (χ0n) is 12.0. The van der Waals surface area contributed by atoms with Gasteiger partial charge in [-0.1, -0.05) is 0 Å². The lowest BCUT2D eigenvalue weighted by molar-refractivity contribution is 0.170. The number of aliphatic hydroxyl groups excluding tert-OH is 1. The number of rotatable bonds is 3. The molecule has 0 unspecified atom stereocenters. The van der Waals surface area contributed by atoms with Gasteiger partial charge < -0.3 is 9.67 Å². The Bertz CT molecular complexity index is 741. The fraction of sp³-hybridized carbons (Fsp3) is 0.667. The van der Waals surface area contributed by atoms with E-state index in [4.69, 9.17) is 5.11 Å². The summed E-state index contributed by atoms with van der Waals surface area (Å²) in [6, 6.07) is 0. The standard InChI is InChI=1S/C12H19N3O5S/c1-13-7-10(11(17)14(2)12(13)18)21(19,20)15-5-3-9(8-16)4-6-15/h7,9,16H,3-6,8H2,1-2H3. The quantitative estimate of drug-likeness (QED) is 0.729. The maximum absolute atomic E-state index is 12.6. The second-order valence-corrected chi connectivity index (χ2v) is 7.19. The Morgan fingerprint density at radius 3 is 2.33 bits per heavy atom. The van der Waals surface area contributed by atoms with Gasteiger partial charge in [-0.05, 0) is 18.8 Å². The third kappa shape index (κ3) is 2.81. The summed E-state index contributed by atoms with van der Waals surface area (Å²) in [6.07, 6.45) is 2.18. The average molecular weight is 317 g/mol. The van der Waals surface area contributed by atoms with E-state index in [9.17, 15) is 18.0 Å². The van der Waals surface area contributed by atoms with Crippen molar-refractivity contribution >= 4 is 10.0 Å². The first-order valence-corrected chi connectivity index (χ1v) is 8.10. The molecule has 1 aliphatic rings. The summed E-state index contributed by atoms with van der Waals surface area (Å²) in [5, 5.41) is 9.09. The lowest BCUT2D eigenvalue weighted by atomic mass is 10.00. The summed E-state index contributed by atoms with van der Waals surface area (Å²) >= 11 is 0. The minimum atomic E-state index is -3.93. The van der Waals surface area contributed by atoms with Crippen molar-refractivity contribution < 1.29 is 13.5 Å². The van der Waals surface area contributed by atoms with Gasteiger partial charge in [-0.15, -0.1) is 0 Å². The molecule has 21 heavy (non-hydrogen) atoms. The number of aromatic nitrogens is 2. The van der Waals surface area contributed by atoms with Gasteiger partial charge in [0.05, 0.1) is 0 Å². The maximum atomic E-state index is 12.6. The second kappa shape index (κ2) is 5.74. The van der Waals surface area contributed by atoms with Crippen LogP contribution in [0, 0.1) is 5.92 Å². The summed E-state index contributed by atoms with van der Waals surface area (Å²) in [5.74, 6) is 0.0967. The highest BCUT2D eigenvalue weighted by Gasteiger charge is 2.32. The molecule has 1 saturated heterocycles. The van der Waals surface area contributed by atoms with Gasteiger partial charge in [0, 0.05) is 40.0 Å². The molecule has 0 amide bonds. The molecule has 1 N–H and O–H groups in total. The number of aryl methyl sites for hydroxylation is 1. The molecule has 2 rings (SSSR count). The van der Waals surface area contributed by atoms with Gasteiger partial charge in [0.1, 0.15) is 0 Å². The molecule has 0 atom stereocenters. The van der Waals surface area contributed by atoms with Gasteiger partial charge in [-0.2, -0.15) is 4.31 Å². The van der Waals surface area contributed by atoms with Crippen molar-refractivity contribution in [2.24, 2.45) is 20.0 Å². The van der Waals surface area contributed by atoms with Crippen LogP contribution < -0.4 is 11.2 Å². The minimum Gasteiger partial charge on any atom is -0.396 e. The van der Waals surface area contributed by atoms with Crippen molar-refractivity contribution in [2.45, 2.75) is 17.7 Å². The molecule has 0 saturated carbocycles. The van der Waals surface area contributed by atoms with E-state index in [1.165, 1.54) is 18.4 Å². The van der Waals surface area contributed by atoms with Gasteiger partial charge in [-0.25, -0.2) is 13.2 Å². The third-order valence-corrected chi connectivity index (χ3v) is 5.75. The van der Waals surface area contributed by atoms with E-state index < -0.39 is 26.2 Å². The minimum absolute atomic E-state index is 0.0372. The van der Waals surface area contributed by atoms with E-state index in [-0.39, 0.29) is 25.6 Å². The van der Waals surface area contributed by atoms with Crippen LogP contribution in [0.25, 0.3) is 0 Å². The lowest BCUT2D eigenvalue weighted by Gasteiger charge is -2.30. The molecular weight excluding hydrogens is 298 g/mol. The third-order valence-electron chi connectivity index (χ3n) is 3.86. The van der Waals surface area contributed by atoms with Crippen molar-refractivity contribution in [2.75, 3.05) is 19.7 Å². The van der Waals surface area contributed by atoms with Gasteiger partial charge in [0.15, 0.2) is 4.90 Å². The van der Waals surface area contributed by atoms with Crippen molar-refractivity contribution in [3.8, 4) is 0 Å². The van der Waals surface area contributed by atoms with Crippen LogP contribution in [0.2, 0.25) is 0 Å². The van der Waals surface area contributed by atoms with Crippen molar-refractivity contribution in [1.29, 1.82) is 0 Å². The summed E-state index contributed by atoms with van der Waals surface area (Å²) in [7, 11) is -1.27. The first-order valence-electron chi connectivity index (χ1n) is 6.66. The van der Waals surface area contributed by atoms with Crippen LogP contribution in [0.4, 0.5) is 0 Å². The van der Waals surface area contributed by atoms with Gasteiger partial charge in [0.2, 0.25) is 10.0 Å². The highest BCUT2D eigenvalue weighted by atomic mass is 32.2. The van der Waals surface area contributed by atoms with E-state index in [1.807, 2.05) is 0 Å². The lowest BCUT2D eigenvalue weighted by Crippen LogP contribution is -2.45. The van der Waals surface area contributed by atoms with Crippen LogP contribution in [-0.4, -0.2) is 46.7 Å². The Morgan fingerprint density at radius 2 is 1.81 bits per heavy atom. The van der Waals surface area contributed by atoms with Crippen LogP contribution in [0.5, 0.6) is 0 Å². The molecule has 0 aromatic carbocycles. The predicted molar refractivity (Wildman–Crippen MR) is 75.5 cm³/mol. The second-order valence-electron chi connectivity index (χ2n) is 5.28. The number of hydrogen-bond donors (Lipinski definition) is 1. The van der Waals surface area contributed by atoms with E-state index in [0.717, 1.165) is 15.3 Å². The summed E-state index contributed by atoms with van der Waals surface area (Å²) in [4.78, 5) is 23.3. The molecule has 0 aliphatic carbocycles. The SMILES string of the molecule is Cn1cc(S(=O)(=O)N2CCC(CO)CC2)c(=O)n(C)c1=O. The van der Waals surface area contributed by atoms with Gasteiger partial charge in [-0.3, -0.25) is 9.36 Å². The topological polar surface area (TPSA) is 102 Å². The first kappa shape index (κ1) is 15.9. The molecule has 9 heteroatoms. The fourth-order valence-corrected chi connectivity index (χ4v) is 4.04. The smallest absolute Gasteiger partial charge is 0.330 e. The number of sulfonamides is 1. The van der Waals surface area contributed by atoms with Crippen LogP contribution in [0.1, 0.15) is 12.8 Å². The first-order chi connectivity index (χ1) is 9.78. The molecule has 0 bridgehead atoms. The van der Waals surface area contributed by atoms with E-state index in [1.54, 1.807) is 0 Å². The highest BCUT2D eigenvalue weighted by molar-refractivity contribution is 7.89. The summed E-state index contributed by atoms with van der Waals surface area (Å²) < 4.78 is 28.2. The molecule has 1 fully saturated rings. The number of aliphatic hydroxyl groups is 1. The maximum Gasteiger partial charge on any atom is 0.330 e. The Labute approximate surface area is 122 Å². The van der Waals surface area contributed by atoms with Crippen LogP contribution in [-0.2, 0) is 24.1 Å². The van der Waals surface area contributed by atoms with Gasteiger partial charge >= 0.3 is 5.69 Å². The molecule has 8 nitrogen and oxygen atoms in total. The molecule has 1 aliphatic heterocycles. The zero-order valence-corrected chi connectivity index (χ0v) is 12.8. The normalized spacial score (nSPS) is 18.0. The van der Waals surface area contributed by atoms with E-state index >= 15 is 0 Å².